The summed E-state index contributed by atoms with van der Waals surface area (Å²) in [5.41, 5.74) is 6.44. The molecule has 0 aliphatic heterocycles. The van der Waals surface area contributed by atoms with Crippen LogP contribution in [0.25, 0.3) is 0 Å². The van der Waals surface area contributed by atoms with Crippen LogP contribution in [0.4, 0.5) is 8.78 Å². The number of nitrogens with two attached hydrogens (primary N) is 1. The van der Waals surface area contributed by atoms with Crippen molar-refractivity contribution in [2.75, 3.05) is 0 Å². The van der Waals surface area contributed by atoms with E-state index in [1.54, 1.807) is 7.05 Å². The van der Waals surface area contributed by atoms with Gasteiger partial charge in [-0.05, 0) is 22.0 Å². The molecule has 90 valence electrons. The van der Waals surface area contributed by atoms with Crippen molar-refractivity contribution < 1.29 is 8.78 Å². The maximum Gasteiger partial charge on any atom is 0.163 e. The second-order valence-electron chi connectivity index (χ2n) is 3.51. The van der Waals surface area contributed by atoms with Gasteiger partial charge in [0.1, 0.15) is 0 Å². The molecule has 0 bridgehead atoms. The van der Waals surface area contributed by atoms with Gasteiger partial charge in [-0.25, -0.2) is 13.5 Å². The van der Waals surface area contributed by atoms with E-state index < -0.39 is 17.7 Å². The minimum Gasteiger partial charge on any atom is -0.319 e. The molecule has 2 aromatic rings. The van der Waals surface area contributed by atoms with Crippen LogP contribution in [0.5, 0.6) is 0 Å². The number of rotatable bonds is 2. The van der Waals surface area contributed by atoms with E-state index in [-0.39, 0.29) is 5.56 Å². The van der Waals surface area contributed by atoms with Gasteiger partial charge in [-0.2, -0.15) is 0 Å². The molecule has 0 aliphatic carbocycles. The Morgan fingerprint density at radius 1 is 1.41 bits per heavy atom. The van der Waals surface area contributed by atoms with Crippen LogP contribution in [0, 0.1) is 11.6 Å². The van der Waals surface area contributed by atoms with E-state index in [1.165, 1.54) is 16.8 Å². The quantitative estimate of drug-likeness (QED) is 0.922. The van der Waals surface area contributed by atoms with Gasteiger partial charge < -0.3 is 5.73 Å². The predicted octanol–water partition coefficient (Wildman–Crippen LogP) is 1.90. The molecule has 7 heteroatoms. The number of halogens is 3. The fraction of sp³-hybridized carbons (Fsp3) is 0.200. The van der Waals surface area contributed by atoms with Crippen molar-refractivity contribution in [2.24, 2.45) is 12.8 Å². The molecule has 1 heterocycles. The SMILES string of the molecule is Cn1nnc(Br)c1C(N)c1cccc(F)c1F. The highest BCUT2D eigenvalue weighted by atomic mass is 79.9. The Balaban J connectivity index is 2.51. The van der Waals surface area contributed by atoms with E-state index in [1.807, 2.05) is 0 Å². The van der Waals surface area contributed by atoms with Crippen molar-refractivity contribution in [1.29, 1.82) is 0 Å². The lowest BCUT2D eigenvalue weighted by Crippen LogP contribution is -2.18. The fourth-order valence-electron chi connectivity index (χ4n) is 1.58. The van der Waals surface area contributed by atoms with E-state index in [4.69, 9.17) is 5.73 Å². The van der Waals surface area contributed by atoms with E-state index in [0.717, 1.165) is 6.07 Å². The number of aryl methyl sites for hydroxylation is 1. The van der Waals surface area contributed by atoms with Crippen LogP contribution >= 0.6 is 15.9 Å². The van der Waals surface area contributed by atoms with Gasteiger partial charge in [0.15, 0.2) is 16.2 Å². The lowest BCUT2D eigenvalue weighted by Gasteiger charge is -2.13. The molecule has 0 saturated heterocycles. The van der Waals surface area contributed by atoms with Crippen LogP contribution < -0.4 is 5.73 Å². The largest absolute Gasteiger partial charge is 0.319 e. The standard InChI is InChI=1S/C10H9BrF2N4/c1-17-9(10(11)15-16-17)8(14)5-3-2-4-6(12)7(5)13/h2-4,8H,14H2,1H3. The second-order valence-corrected chi connectivity index (χ2v) is 4.26. The minimum absolute atomic E-state index is 0.0658. The maximum atomic E-state index is 13.6. The molecule has 1 aromatic carbocycles. The highest BCUT2D eigenvalue weighted by Crippen LogP contribution is 2.27. The summed E-state index contributed by atoms with van der Waals surface area (Å²) in [6.07, 6.45) is 0. The average molecular weight is 303 g/mol. The van der Waals surface area contributed by atoms with Gasteiger partial charge in [0, 0.05) is 12.6 Å². The van der Waals surface area contributed by atoms with Gasteiger partial charge in [-0.15, -0.1) is 5.10 Å². The Morgan fingerprint density at radius 2 is 2.12 bits per heavy atom. The van der Waals surface area contributed by atoms with Crippen molar-refractivity contribution in [3.8, 4) is 0 Å². The van der Waals surface area contributed by atoms with E-state index >= 15 is 0 Å². The Bertz CT molecular complexity index is 536. The number of hydrogen-bond acceptors (Lipinski definition) is 3. The smallest absolute Gasteiger partial charge is 0.163 e. The van der Waals surface area contributed by atoms with E-state index in [2.05, 4.69) is 26.2 Å². The Hall–Kier alpha value is -1.34. The Kier molecular flexibility index (Phi) is 3.21. The van der Waals surface area contributed by atoms with Crippen LogP contribution in [0.3, 0.4) is 0 Å². The molecule has 2 rings (SSSR count). The van der Waals surface area contributed by atoms with Gasteiger partial charge in [-0.3, -0.25) is 0 Å². The molecule has 1 aromatic heterocycles. The monoisotopic (exact) mass is 302 g/mol. The molecule has 0 amide bonds. The molecule has 0 radical (unpaired) electrons. The second kappa shape index (κ2) is 4.50. The lowest BCUT2D eigenvalue weighted by molar-refractivity contribution is 0.491. The zero-order valence-corrected chi connectivity index (χ0v) is 10.4. The van der Waals surface area contributed by atoms with Crippen molar-refractivity contribution in [3.05, 3.63) is 45.7 Å². The third kappa shape index (κ3) is 2.07. The van der Waals surface area contributed by atoms with Gasteiger partial charge in [-0.1, -0.05) is 17.3 Å². The summed E-state index contributed by atoms with van der Waals surface area (Å²) < 4.78 is 28.5. The molecule has 2 N–H and O–H groups in total. The van der Waals surface area contributed by atoms with Crippen LogP contribution in [0.2, 0.25) is 0 Å². The number of nitrogens with zero attached hydrogens (tertiary/aromatic N) is 3. The first kappa shape index (κ1) is 12.1. The van der Waals surface area contributed by atoms with Crippen LogP contribution in [0.1, 0.15) is 17.3 Å². The molecule has 1 atom stereocenters. The molecular formula is C10H9BrF2N4. The Labute approximate surface area is 105 Å². The van der Waals surface area contributed by atoms with Crippen molar-refractivity contribution >= 4 is 15.9 Å². The van der Waals surface area contributed by atoms with Crippen LogP contribution in [-0.2, 0) is 7.05 Å². The average Bonchev–Trinajstić information content (AvgIpc) is 2.62. The summed E-state index contributed by atoms with van der Waals surface area (Å²) in [6, 6.07) is 3.05. The topological polar surface area (TPSA) is 56.7 Å². The van der Waals surface area contributed by atoms with Gasteiger partial charge >= 0.3 is 0 Å². The summed E-state index contributed by atoms with van der Waals surface area (Å²) in [7, 11) is 1.63. The van der Waals surface area contributed by atoms with Crippen LogP contribution in [0.15, 0.2) is 22.8 Å². The zero-order valence-electron chi connectivity index (χ0n) is 8.86. The number of aromatic nitrogens is 3. The highest BCUT2D eigenvalue weighted by molar-refractivity contribution is 9.10. The first-order chi connectivity index (χ1) is 8.02. The summed E-state index contributed by atoms with van der Waals surface area (Å²) in [5, 5.41) is 7.49. The molecule has 0 aliphatic rings. The van der Waals surface area contributed by atoms with Crippen molar-refractivity contribution in [3.63, 3.8) is 0 Å². The third-order valence-electron chi connectivity index (χ3n) is 2.44. The third-order valence-corrected chi connectivity index (χ3v) is 3.00. The molecule has 0 spiro atoms. The summed E-state index contributed by atoms with van der Waals surface area (Å²) >= 11 is 3.17. The van der Waals surface area contributed by atoms with Gasteiger partial charge in [0.05, 0.1) is 11.7 Å². The normalized spacial score (nSPS) is 12.8. The highest BCUT2D eigenvalue weighted by Gasteiger charge is 2.22. The van der Waals surface area contributed by atoms with Crippen molar-refractivity contribution in [2.45, 2.75) is 6.04 Å². The molecule has 0 saturated carbocycles. The van der Waals surface area contributed by atoms with Gasteiger partial charge in [0.2, 0.25) is 0 Å². The Morgan fingerprint density at radius 3 is 2.71 bits per heavy atom. The molecule has 0 fully saturated rings. The zero-order chi connectivity index (χ0) is 12.6. The summed E-state index contributed by atoms with van der Waals surface area (Å²) in [4.78, 5) is 0. The molecule has 1 unspecified atom stereocenters. The summed E-state index contributed by atoms with van der Waals surface area (Å²) in [6.45, 7) is 0. The number of benzene rings is 1. The van der Waals surface area contributed by atoms with Gasteiger partial charge in [0.25, 0.3) is 0 Å². The molecule has 4 nitrogen and oxygen atoms in total. The maximum absolute atomic E-state index is 13.6. The molecular weight excluding hydrogens is 294 g/mol. The first-order valence-corrected chi connectivity index (χ1v) is 5.56. The predicted molar refractivity (Wildman–Crippen MR) is 61.1 cm³/mol. The lowest BCUT2D eigenvalue weighted by atomic mass is 10.0. The van der Waals surface area contributed by atoms with E-state index in [0.29, 0.717) is 10.3 Å². The van der Waals surface area contributed by atoms with E-state index in [9.17, 15) is 8.78 Å². The van der Waals surface area contributed by atoms with Crippen molar-refractivity contribution in [1.82, 2.24) is 15.0 Å². The molecule has 17 heavy (non-hydrogen) atoms. The minimum atomic E-state index is -0.951. The summed E-state index contributed by atoms with van der Waals surface area (Å²) in [5.74, 6) is -1.88. The van der Waals surface area contributed by atoms with Crippen LogP contribution in [-0.4, -0.2) is 15.0 Å². The first-order valence-electron chi connectivity index (χ1n) is 4.77. The fourth-order valence-corrected chi connectivity index (χ4v) is 2.15. The number of hydrogen-bond donors (Lipinski definition) is 1.